The van der Waals surface area contributed by atoms with E-state index >= 15 is 0 Å². The van der Waals surface area contributed by atoms with Gasteiger partial charge in [0.1, 0.15) is 0 Å². The molecular weight excluding hydrogens is 308 g/mol. The number of rotatable bonds is 3. The van der Waals surface area contributed by atoms with Crippen molar-refractivity contribution in [1.29, 1.82) is 0 Å². The first kappa shape index (κ1) is 15.2. The molecule has 2 rings (SSSR count). The number of aliphatic hydroxyl groups is 1. The first-order valence-electron chi connectivity index (χ1n) is 5.89. The maximum Gasteiger partial charge on any atom is 0.340 e. The minimum atomic E-state index is -1.33. The van der Waals surface area contributed by atoms with E-state index in [4.69, 9.17) is 4.74 Å². The predicted molar refractivity (Wildman–Crippen MR) is 84.1 cm³/mol. The highest BCUT2D eigenvalue weighted by Gasteiger charge is 2.52. The SMILES string of the molecule is COC(=O)C(O)(C1CSCCS1)C1CSCCS1. The number of thioether (sulfide) groups is 4. The molecule has 18 heavy (non-hydrogen) atoms. The molecular formula is C11H18O3S4. The lowest BCUT2D eigenvalue weighted by molar-refractivity contribution is -0.161. The van der Waals surface area contributed by atoms with Gasteiger partial charge in [0.05, 0.1) is 17.6 Å². The Hall–Kier alpha value is 0.830. The number of hydrogen-bond donors (Lipinski definition) is 1. The zero-order chi connectivity index (χ0) is 13.0. The van der Waals surface area contributed by atoms with E-state index in [9.17, 15) is 9.90 Å². The first-order chi connectivity index (χ1) is 8.69. The molecule has 0 bridgehead atoms. The van der Waals surface area contributed by atoms with Crippen molar-refractivity contribution in [3.63, 3.8) is 0 Å². The van der Waals surface area contributed by atoms with E-state index in [0.29, 0.717) is 0 Å². The summed E-state index contributed by atoms with van der Waals surface area (Å²) in [5.41, 5.74) is -1.33. The van der Waals surface area contributed by atoms with Crippen LogP contribution >= 0.6 is 47.0 Å². The molecule has 3 nitrogen and oxygen atoms in total. The van der Waals surface area contributed by atoms with Crippen molar-refractivity contribution in [1.82, 2.24) is 0 Å². The van der Waals surface area contributed by atoms with E-state index in [-0.39, 0.29) is 10.5 Å². The molecule has 7 heteroatoms. The molecule has 0 aromatic carbocycles. The molecule has 0 radical (unpaired) electrons. The van der Waals surface area contributed by atoms with Gasteiger partial charge in [-0.3, -0.25) is 0 Å². The van der Waals surface area contributed by atoms with Gasteiger partial charge >= 0.3 is 5.97 Å². The third kappa shape index (κ3) is 3.11. The van der Waals surface area contributed by atoms with Crippen molar-refractivity contribution in [3.8, 4) is 0 Å². The van der Waals surface area contributed by atoms with Crippen molar-refractivity contribution in [2.24, 2.45) is 0 Å². The minimum Gasteiger partial charge on any atom is -0.467 e. The van der Waals surface area contributed by atoms with Crippen LogP contribution in [-0.2, 0) is 9.53 Å². The molecule has 0 aromatic rings. The number of methoxy groups -OCH3 is 1. The van der Waals surface area contributed by atoms with Crippen LogP contribution in [0.4, 0.5) is 0 Å². The van der Waals surface area contributed by atoms with Crippen LogP contribution in [0.25, 0.3) is 0 Å². The summed E-state index contributed by atoms with van der Waals surface area (Å²) in [5.74, 6) is 5.41. The summed E-state index contributed by atoms with van der Waals surface area (Å²) in [4.78, 5) is 12.1. The van der Waals surface area contributed by atoms with Gasteiger partial charge in [0.25, 0.3) is 0 Å². The molecule has 2 saturated heterocycles. The number of carbonyl (C=O) groups excluding carboxylic acids is 1. The Balaban J connectivity index is 2.17. The first-order valence-corrected chi connectivity index (χ1v) is 10.3. The van der Waals surface area contributed by atoms with Crippen molar-refractivity contribution >= 4 is 53.0 Å². The van der Waals surface area contributed by atoms with Gasteiger partial charge in [0, 0.05) is 34.5 Å². The summed E-state index contributed by atoms with van der Waals surface area (Å²) in [5, 5.41) is 10.9. The van der Waals surface area contributed by atoms with Crippen LogP contribution < -0.4 is 0 Å². The highest BCUT2D eigenvalue weighted by atomic mass is 32.2. The second kappa shape index (κ2) is 7.02. The van der Waals surface area contributed by atoms with E-state index in [2.05, 4.69) is 0 Å². The molecule has 1 N–H and O–H groups in total. The smallest absolute Gasteiger partial charge is 0.340 e. The van der Waals surface area contributed by atoms with Crippen LogP contribution in [0.15, 0.2) is 0 Å². The fraction of sp³-hybridized carbons (Fsp3) is 0.909. The fourth-order valence-corrected chi connectivity index (χ4v) is 8.13. The van der Waals surface area contributed by atoms with Crippen molar-refractivity contribution in [2.75, 3.05) is 41.6 Å². The van der Waals surface area contributed by atoms with Crippen LogP contribution in [0.5, 0.6) is 0 Å². The third-order valence-corrected chi connectivity index (χ3v) is 8.92. The summed E-state index contributed by atoms with van der Waals surface area (Å²) < 4.78 is 4.89. The normalized spacial score (nSPS) is 32.6. The molecule has 0 saturated carbocycles. The summed E-state index contributed by atoms with van der Waals surface area (Å²) in [6, 6.07) is 0. The Morgan fingerprint density at radius 1 is 1.11 bits per heavy atom. The van der Waals surface area contributed by atoms with Gasteiger partial charge in [-0.15, -0.1) is 0 Å². The van der Waals surface area contributed by atoms with E-state index in [1.807, 2.05) is 23.5 Å². The Labute approximate surface area is 125 Å². The molecule has 0 amide bonds. The quantitative estimate of drug-likeness (QED) is 0.790. The molecule has 2 atom stereocenters. The molecule has 0 spiro atoms. The summed E-state index contributed by atoms with van der Waals surface area (Å²) in [6.45, 7) is 0. The van der Waals surface area contributed by atoms with Crippen molar-refractivity contribution in [3.05, 3.63) is 0 Å². The summed E-state index contributed by atoms with van der Waals surface area (Å²) in [6.07, 6.45) is 0. The Kier molecular flexibility index (Phi) is 5.93. The molecule has 2 aliphatic heterocycles. The largest absolute Gasteiger partial charge is 0.467 e. The van der Waals surface area contributed by atoms with Gasteiger partial charge in [0.2, 0.25) is 0 Å². The van der Waals surface area contributed by atoms with Gasteiger partial charge in [-0.25, -0.2) is 4.79 Å². The number of ether oxygens (including phenoxy) is 1. The maximum atomic E-state index is 12.1. The molecule has 0 aliphatic carbocycles. The Bertz CT molecular complexity index is 270. The predicted octanol–water partition coefficient (Wildman–Crippen LogP) is 1.59. The lowest BCUT2D eigenvalue weighted by Gasteiger charge is -2.41. The van der Waals surface area contributed by atoms with Gasteiger partial charge in [-0.1, -0.05) is 0 Å². The monoisotopic (exact) mass is 326 g/mol. The molecule has 2 heterocycles. The van der Waals surface area contributed by atoms with Crippen LogP contribution in [0.3, 0.4) is 0 Å². The number of carbonyl (C=O) groups is 1. The van der Waals surface area contributed by atoms with Crippen LogP contribution in [0.2, 0.25) is 0 Å². The van der Waals surface area contributed by atoms with Crippen molar-refractivity contribution < 1.29 is 14.6 Å². The topological polar surface area (TPSA) is 46.5 Å². The Morgan fingerprint density at radius 2 is 1.61 bits per heavy atom. The second-order valence-corrected chi connectivity index (χ2v) is 9.11. The summed E-state index contributed by atoms with van der Waals surface area (Å²) >= 11 is 7.06. The minimum absolute atomic E-state index is 0.0418. The van der Waals surface area contributed by atoms with Gasteiger partial charge in [-0.05, 0) is 0 Å². The van der Waals surface area contributed by atoms with E-state index < -0.39 is 11.6 Å². The molecule has 0 aromatic heterocycles. The highest BCUT2D eigenvalue weighted by molar-refractivity contribution is 8.07. The molecule has 104 valence electrons. The van der Waals surface area contributed by atoms with E-state index in [1.165, 1.54) is 7.11 Å². The van der Waals surface area contributed by atoms with E-state index in [0.717, 1.165) is 34.5 Å². The van der Waals surface area contributed by atoms with Gasteiger partial charge in [-0.2, -0.15) is 47.0 Å². The van der Waals surface area contributed by atoms with E-state index in [1.54, 1.807) is 23.5 Å². The maximum absolute atomic E-state index is 12.1. The third-order valence-electron chi connectivity index (χ3n) is 3.13. The van der Waals surface area contributed by atoms with Gasteiger partial charge in [0.15, 0.2) is 5.60 Å². The standard InChI is InChI=1S/C11H18O3S4/c1-14-10(12)11(13,8-6-15-2-4-17-8)9-7-16-3-5-18-9/h8-9,13H,2-7H2,1H3. The molecule has 2 aliphatic rings. The lowest BCUT2D eigenvalue weighted by Crippen LogP contribution is -2.59. The van der Waals surface area contributed by atoms with Gasteiger partial charge < -0.3 is 9.84 Å². The highest BCUT2D eigenvalue weighted by Crippen LogP contribution is 2.41. The fourth-order valence-electron chi connectivity index (χ4n) is 2.12. The van der Waals surface area contributed by atoms with Crippen LogP contribution in [0, 0.1) is 0 Å². The number of hydrogen-bond acceptors (Lipinski definition) is 7. The molecule has 2 unspecified atom stereocenters. The number of esters is 1. The van der Waals surface area contributed by atoms with Crippen LogP contribution in [-0.4, -0.2) is 68.8 Å². The zero-order valence-electron chi connectivity index (χ0n) is 10.3. The summed E-state index contributed by atoms with van der Waals surface area (Å²) in [7, 11) is 1.37. The Morgan fingerprint density at radius 3 is 1.94 bits per heavy atom. The second-order valence-electron chi connectivity index (χ2n) is 4.19. The molecule has 2 fully saturated rings. The van der Waals surface area contributed by atoms with Crippen LogP contribution in [0.1, 0.15) is 0 Å². The average Bonchev–Trinajstić information content (AvgIpc) is 2.47. The zero-order valence-corrected chi connectivity index (χ0v) is 13.6. The van der Waals surface area contributed by atoms with Crippen molar-refractivity contribution in [2.45, 2.75) is 16.1 Å². The average molecular weight is 327 g/mol. The lowest BCUT2D eigenvalue weighted by atomic mass is 9.96.